The van der Waals surface area contributed by atoms with Gasteiger partial charge < -0.3 is 0 Å². The molecular weight excluding hydrogens is 186 g/mol. The van der Waals surface area contributed by atoms with Gasteiger partial charge in [0.25, 0.3) is 0 Å². The van der Waals surface area contributed by atoms with Gasteiger partial charge in [-0.2, -0.15) is 5.10 Å². The van der Waals surface area contributed by atoms with Crippen molar-refractivity contribution in [3.63, 3.8) is 0 Å². The molecule has 0 atom stereocenters. The minimum Gasteiger partial charge on any atom is -0.292 e. The molecule has 15 heavy (non-hydrogen) atoms. The first kappa shape index (κ1) is 10.7. The van der Waals surface area contributed by atoms with Gasteiger partial charge in [0.15, 0.2) is 0 Å². The van der Waals surface area contributed by atoms with Crippen molar-refractivity contribution in [2.75, 3.05) is 6.54 Å². The van der Waals surface area contributed by atoms with Gasteiger partial charge in [-0.15, -0.1) is 0 Å². The second-order valence-electron chi connectivity index (χ2n) is 5.32. The number of nitrogens with one attached hydrogen (secondary N) is 1. The fourth-order valence-corrected chi connectivity index (χ4v) is 2.25. The Morgan fingerprint density at radius 2 is 2.13 bits per heavy atom. The van der Waals surface area contributed by atoms with E-state index in [4.69, 9.17) is 0 Å². The van der Waals surface area contributed by atoms with E-state index < -0.39 is 0 Å². The molecule has 0 amide bonds. The van der Waals surface area contributed by atoms with E-state index in [1.54, 1.807) is 0 Å². The molecule has 3 heteroatoms. The summed E-state index contributed by atoms with van der Waals surface area (Å²) in [7, 11) is 0. The first-order valence-corrected chi connectivity index (χ1v) is 5.82. The molecule has 1 N–H and O–H groups in total. The van der Waals surface area contributed by atoms with Crippen LogP contribution >= 0.6 is 0 Å². The quantitative estimate of drug-likeness (QED) is 0.765. The van der Waals surface area contributed by atoms with Crippen molar-refractivity contribution in [1.29, 1.82) is 0 Å². The summed E-state index contributed by atoms with van der Waals surface area (Å²) in [5, 5.41) is 7.57. The van der Waals surface area contributed by atoms with Gasteiger partial charge in [0.1, 0.15) is 0 Å². The van der Waals surface area contributed by atoms with E-state index in [1.165, 1.54) is 17.0 Å². The molecule has 0 bridgehead atoms. The van der Waals surface area contributed by atoms with Gasteiger partial charge in [0.05, 0.1) is 11.4 Å². The largest absolute Gasteiger partial charge is 0.292 e. The number of hydrogen-bond acceptors (Lipinski definition) is 2. The second kappa shape index (κ2) is 3.63. The Morgan fingerprint density at radius 3 is 2.73 bits per heavy atom. The molecular formula is C12H21N3. The molecule has 1 aromatic rings. The summed E-state index contributed by atoms with van der Waals surface area (Å²) in [6.07, 6.45) is 2.19. The smallest absolute Gasteiger partial charge is 0.0655 e. The molecule has 1 aliphatic heterocycles. The van der Waals surface area contributed by atoms with Crippen LogP contribution in [0.15, 0.2) is 0 Å². The zero-order valence-electron chi connectivity index (χ0n) is 10.2. The maximum atomic E-state index is 4.38. The summed E-state index contributed by atoms with van der Waals surface area (Å²) in [5.41, 5.74) is 4.32. The molecule has 0 radical (unpaired) electrons. The lowest BCUT2D eigenvalue weighted by Crippen LogP contribution is -2.44. The zero-order chi connectivity index (χ0) is 11.1. The van der Waals surface area contributed by atoms with Crippen molar-refractivity contribution < 1.29 is 0 Å². The molecule has 0 saturated carbocycles. The predicted octanol–water partition coefficient (Wildman–Crippen LogP) is 2.13. The van der Waals surface area contributed by atoms with Crippen molar-refractivity contribution in [1.82, 2.24) is 15.1 Å². The monoisotopic (exact) mass is 207 g/mol. The molecule has 2 heterocycles. The Kier molecular flexibility index (Phi) is 2.59. The van der Waals surface area contributed by atoms with Crippen LogP contribution in [0.4, 0.5) is 0 Å². The van der Waals surface area contributed by atoms with Crippen molar-refractivity contribution in [2.45, 2.75) is 52.6 Å². The average molecular weight is 207 g/mol. The third-order valence-electron chi connectivity index (χ3n) is 3.30. The molecule has 84 valence electrons. The lowest BCUT2D eigenvalue weighted by molar-refractivity contribution is 0.119. The molecule has 0 saturated heterocycles. The van der Waals surface area contributed by atoms with Crippen molar-refractivity contribution in [3.05, 3.63) is 17.0 Å². The van der Waals surface area contributed by atoms with Gasteiger partial charge in [0, 0.05) is 18.6 Å². The summed E-state index contributed by atoms with van der Waals surface area (Å²) in [6.45, 7) is 11.2. The number of fused-ring (bicyclic) bond motifs is 1. The van der Waals surface area contributed by atoms with E-state index in [1.807, 2.05) is 0 Å². The normalized spacial score (nSPS) is 17.9. The molecule has 2 rings (SSSR count). The molecule has 0 fully saturated rings. The number of aromatic amines is 1. The molecule has 0 spiro atoms. The minimum atomic E-state index is 0.259. The third kappa shape index (κ3) is 1.93. The van der Waals surface area contributed by atoms with Crippen LogP contribution in [0.3, 0.4) is 0 Å². The summed E-state index contributed by atoms with van der Waals surface area (Å²) >= 11 is 0. The van der Waals surface area contributed by atoms with Crippen LogP contribution in [0.2, 0.25) is 0 Å². The SMILES string of the molecule is CCc1n[nH]c2c1CCN(C(C)(C)C)C2. The number of aryl methyl sites for hydroxylation is 1. The Morgan fingerprint density at radius 1 is 1.40 bits per heavy atom. The minimum absolute atomic E-state index is 0.259. The molecule has 3 nitrogen and oxygen atoms in total. The molecule has 0 aromatic carbocycles. The summed E-state index contributed by atoms with van der Waals surface area (Å²) in [5.74, 6) is 0. The highest BCUT2D eigenvalue weighted by Crippen LogP contribution is 2.25. The van der Waals surface area contributed by atoms with E-state index in [9.17, 15) is 0 Å². The van der Waals surface area contributed by atoms with Crippen molar-refractivity contribution in [3.8, 4) is 0 Å². The first-order valence-electron chi connectivity index (χ1n) is 5.82. The van der Waals surface area contributed by atoms with Crippen LogP contribution in [0.5, 0.6) is 0 Å². The van der Waals surface area contributed by atoms with Crippen LogP contribution in [-0.2, 0) is 19.4 Å². The highest BCUT2D eigenvalue weighted by Gasteiger charge is 2.27. The number of nitrogens with zero attached hydrogens (tertiary/aromatic N) is 2. The average Bonchev–Trinajstić information content (AvgIpc) is 2.58. The first-order chi connectivity index (χ1) is 7.02. The Labute approximate surface area is 91.9 Å². The van der Waals surface area contributed by atoms with Gasteiger partial charge in [-0.25, -0.2) is 0 Å². The van der Waals surface area contributed by atoms with E-state index in [0.29, 0.717) is 0 Å². The van der Waals surface area contributed by atoms with E-state index >= 15 is 0 Å². The summed E-state index contributed by atoms with van der Waals surface area (Å²) < 4.78 is 0. The summed E-state index contributed by atoms with van der Waals surface area (Å²) in [6, 6.07) is 0. The maximum Gasteiger partial charge on any atom is 0.0655 e. The van der Waals surface area contributed by atoms with Crippen LogP contribution in [0, 0.1) is 0 Å². The molecule has 1 aliphatic rings. The van der Waals surface area contributed by atoms with Gasteiger partial charge in [-0.3, -0.25) is 10.00 Å². The third-order valence-corrected chi connectivity index (χ3v) is 3.30. The Balaban J connectivity index is 2.21. The lowest BCUT2D eigenvalue weighted by atomic mass is 9.98. The number of rotatable bonds is 1. The van der Waals surface area contributed by atoms with E-state index in [2.05, 4.69) is 42.8 Å². The van der Waals surface area contributed by atoms with Gasteiger partial charge >= 0.3 is 0 Å². The van der Waals surface area contributed by atoms with Crippen LogP contribution in [-0.4, -0.2) is 27.2 Å². The zero-order valence-corrected chi connectivity index (χ0v) is 10.2. The predicted molar refractivity (Wildman–Crippen MR) is 61.8 cm³/mol. The van der Waals surface area contributed by atoms with E-state index in [-0.39, 0.29) is 5.54 Å². The highest BCUT2D eigenvalue weighted by atomic mass is 15.2. The van der Waals surface area contributed by atoms with Crippen molar-refractivity contribution in [2.24, 2.45) is 0 Å². The highest BCUT2D eigenvalue weighted by molar-refractivity contribution is 5.28. The standard InChI is InChI=1S/C12H21N3/c1-5-10-9-6-7-15(12(2,3)4)8-11(9)14-13-10/h5-8H2,1-4H3,(H,13,14). The molecule has 0 aliphatic carbocycles. The molecule has 1 aromatic heterocycles. The summed E-state index contributed by atoms with van der Waals surface area (Å²) in [4.78, 5) is 2.51. The Bertz CT molecular complexity index is 346. The van der Waals surface area contributed by atoms with Crippen molar-refractivity contribution >= 4 is 0 Å². The number of aromatic nitrogens is 2. The molecule has 0 unspecified atom stereocenters. The fourth-order valence-electron chi connectivity index (χ4n) is 2.25. The fraction of sp³-hybridized carbons (Fsp3) is 0.750. The number of H-pyrrole nitrogens is 1. The van der Waals surface area contributed by atoms with Crippen LogP contribution < -0.4 is 0 Å². The van der Waals surface area contributed by atoms with Crippen LogP contribution in [0.25, 0.3) is 0 Å². The topological polar surface area (TPSA) is 31.9 Å². The second-order valence-corrected chi connectivity index (χ2v) is 5.32. The lowest BCUT2D eigenvalue weighted by Gasteiger charge is -2.38. The van der Waals surface area contributed by atoms with Crippen LogP contribution in [0.1, 0.15) is 44.6 Å². The maximum absolute atomic E-state index is 4.38. The van der Waals surface area contributed by atoms with Gasteiger partial charge in [-0.05, 0) is 39.2 Å². The van der Waals surface area contributed by atoms with Gasteiger partial charge in [-0.1, -0.05) is 6.92 Å². The Hall–Kier alpha value is -0.830. The number of hydrogen-bond donors (Lipinski definition) is 1. The van der Waals surface area contributed by atoms with Gasteiger partial charge in [0.2, 0.25) is 0 Å². The van der Waals surface area contributed by atoms with E-state index in [0.717, 1.165) is 25.9 Å².